The van der Waals surface area contributed by atoms with Gasteiger partial charge in [-0.05, 0) is 167 Å². The van der Waals surface area contributed by atoms with Crippen LogP contribution >= 0.6 is 0 Å². The minimum Gasteiger partial charge on any atom is -0.338 e. The van der Waals surface area contributed by atoms with Crippen molar-refractivity contribution >= 4 is 139 Å². The summed E-state index contributed by atoms with van der Waals surface area (Å²) in [7, 11) is 0. The number of rotatable bonds is 16. The summed E-state index contributed by atoms with van der Waals surface area (Å²) in [6.45, 7) is 13.8. The maximum absolute atomic E-state index is 14.3. The molecule has 0 aliphatic rings. The lowest BCUT2D eigenvalue weighted by Crippen LogP contribution is -2.43. The number of aromatic amines is 4. The number of urea groups is 4. The quantitative estimate of drug-likeness (QED) is 0.0412. The second-order valence-corrected chi connectivity index (χ2v) is 24.4. The molecule has 4 aromatic heterocycles. The van der Waals surface area contributed by atoms with Gasteiger partial charge in [-0.25, -0.2) is 54.3 Å². The fraction of sp³-hybridized carbons (Fsp3) is 0.158. The number of carbonyl (C=O) groups is 4. The second kappa shape index (κ2) is 34.9. The average Bonchev–Trinajstić information content (AvgIpc) is 1.43. The Bertz CT molecular complexity index is 5120. The standard InChI is InChI=1S/C20H20F2N4O.2C19H18F2N4O.C18H16F2N4O/c1-20(2,3)24-19(27)23-18-10-14-16(25-26-17(14)11-15(18)22)9-6-12-4-7-13(21)8-5-12;1-11(2)22-19(26)23-18-9-14-16(24-25-17(14)10-15(18)21)8-5-12-3-6-13(20)7-4-12;1-2-9-22-19(26)23-18-10-14-16(24-25-17(14)11-15(18)21)8-5-12-3-6-13(20)7-4-12;1-2-21-18(25)22-17-9-13-15(23-24-16(13)10-14(17)20)8-5-11-3-6-12(19)7-4-11/h4-11H,1-3H3,(H,25,26)(H2,23,24,27);3-11H,1-2H3,(H,24,25)(H2,22,23,26);3-8,10-11H,2,9H2,1H3,(H,24,25)(H2,22,23,26);3-10H,2H2,1H3,(H,23,24)(H2,21,22,25)/b9-6+;3*8-5+. The first-order valence-electron chi connectivity index (χ1n) is 32.5. The molecule has 4 heterocycles. The number of fused-ring (bicyclic) bond motifs is 4. The summed E-state index contributed by atoms with van der Waals surface area (Å²) in [6.07, 6.45) is 14.8. The zero-order chi connectivity index (χ0) is 74.6. The van der Waals surface area contributed by atoms with Crippen LogP contribution in [0.1, 0.15) is 99.9 Å². The highest BCUT2D eigenvalue weighted by Gasteiger charge is 2.19. The van der Waals surface area contributed by atoms with E-state index in [9.17, 15) is 54.3 Å². The Hall–Kier alpha value is -12.9. The van der Waals surface area contributed by atoms with Gasteiger partial charge in [-0.15, -0.1) is 0 Å². The van der Waals surface area contributed by atoms with Crippen LogP contribution in [0.25, 0.3) is 92.2 Å². The molecule has 0 bridgehead atoms. The first-order chi connectivity index (χ1) is 49.8. The van der Waals surface area contributed by atoms with Crippen molar-refractivity contribution in [1.82, 2.24) is 62.1 Å². The Morgan fingerprint density at radius 3 is 0.913 bits per heavy atom. The molecule has 0 unspecified atom stereocenters. The third-order valence-electron chi connectivity index (χ3n) is 14.7. The van der Waals surface area contributed by atoms with E-state index in [0.717, 1.165) is 28.7 Å². The van der Waals surface area contributed by atoms with E-state index in [4.69, 9.17) is 0 Å². The van der Waals surface area contributed by atoms with E-state index in [0.29, 0.717) is 79.5 Å². The van der Waals surface area contributed by atoms with Crippen molar-refractivity contribution in [3.05, 3.63) is 237 Å². The molecule has 8 aromatic carbocycles. The van der Waals surface area contributed by atoms with Crippen LogP contribution in [-0.4, -0.2) is 89.6 Å². The Balaban J connectivity index is 0.000000161. The first-order valence-corrected chi connectivity index (χ1v) is 32.5. The normalized spacial score (nSPS) is 11.4. The van der Waals surface area contributed by atoms with Gasteiger partial charge in [0.1, 0.15) is 46.5 Å². The lowest BCUT2D eigenvalue weighted by molar-refractivity contribution is 0.243. The van der Waals surface area contributed by atoms with Crippen molar-refractivity contribution in [2.24, 2.45) is 0 Å². The van der Waals surface area contributed by atoms with E-state index >= 15 is 0 Å². The topological polar surface area (TPSA) is 279 Å². The molecule has 20 nitrogen and oxygen atoms in total. The zero-order valence-electron chi connectivity index (χ0n) is 57.1. The minimum absolute atomic E-state index is 0.0575. The van der Waals surface area contributed by atoms with Crippen molar-refractivity contribution in [1.29, 1.82) is 0 Å². The first kappa shape index (κ1) is 75.3. The molecule has 536 valence electrons. The summed E-state index contributed by atoms with van der Waals surface area (Å²) in [5.41, 5.74) is 7.41. The molecule has 0 aliphatic carbocycles. The molecular formula is C76H72F8N16O4. The summed E-state index contributed by atoms with van der Waals surface area (Å²) < 4.78 is 108. The van der Waals surface area contributed by atoms with Crippen LogP contribution in [0.3, 0.4) is 0 Å². The Morgan fingerprint density at radius 2 is 0.654 bits per heavy atom. The van der Waals surface area contributed by atoms with Gasteiger partial charge in [0, 0.05) is 70.5 Å². The number of H-pyrrole nitrogens is 4. The number of halogens is 8. The van der Waals surface area contributed by atoms with Crippen molar-refractivity contribution < 1.29 is 54.3 Å². The van der Waals surface area contributed by atoms with Crippen molar-refractivity contribution in [2.75, 3.05) is 34.4 Å². The largest absolute Gasteiger partial charge is 0.338 e. The molecule has 0 fully saturated rings. The summed E-state index contributed by atoms with van der Waals surface area (Å²) in [6, 6.07) is 33.3. The SMILES string of the molecule is CC(C)(C)NC(=O)Nc1cc2c(/C=C/c3ccc(F)cc3)n[nH]c2cc1F.CC(C)NC(=O)Nc1cc2c(/C=C/c3ccc(F)cc3)n[nH]c2cc1F.CCCNC(=O)Nc1cc2c(/C=C/c3ccc(F)cc3)n[nH]c2cc1F.CCNC(=O)Nc1cc2c(/C=C/c3ccc(F)cc3)n[nH]c2cc1F. The van der Waals surface area contributed by atoms with Gasteiger partial charge >= 0.3 is 24.1 Å². The van der Waals surface area contributed by atoms with Gasteiger partial charge in [0.25, 0.3) is 0 Å². The average molecular weight is 1430 g/mol. The molecular weight excluding hydrogens is 1350 g/mol. The Kier molecular flexibility index (Phi) is 25.3. The number of carbonyl (C=O) groups excluding carboxylic acids is 4. The molecule has 0 spiro atoms. The number of hydrogen-bond donors (Lipinski definition) is 12. The Labute approximate surface area is 591 Å². The van der Waals surface area contributed by atoms with E-state index in [1.807, 2.05) is 41.5 Å². The van der Waals surface area contributed by atoms with Crippen molar-refractivity contribution in [3.63, 3.8) is 0 Å². The molecule has 0 radical (unpaired) electrons. The number of anilines is 4. The fourth-order valence-electron chi connectivity index (χ4n) is 9.77. The smallest absolute Gasteiger partial charge is 0.319 e. The summed E-state index contributed by atoms with van der Waals surface area (Å²) in [5.74, 6) is -3.47. The predicted octanol–water partition coefficient (Wildman–Crippen LogP) is 18.2. The molecule has 104 heavy (non-hydrogen) atoms. The maximum atomic E-state index is 14.3. The molecule has 8 amide bonds. The van der Waals surface area contributed by atoms with E-state index in [2.05, 4.69) is 83.3 Å². The number of nitrogens with zero attached hydrogens (tertiary/aromatic N) is 4. The molecule has 0 atom stereocenters. The van der Waals surface area contributed by atoms with Crippen LogP contribution in [-0.2, 0) is 0 Å². The van der Waals surface area contributed by atoms with E-state index in [1.54, 1.807) is 104 Å². The summed E-state index contributed by atoms with van der Waals surface area (Å²) in [4.78, 5) is 47.2. The molecule has 12 rings (SSSR count). The van der Waals surface area contributed by atoms with Crippen molar-refractivity contribution in [2.45, 2.75) is 66.5 Å². The van der Waals surface area contributed by atoms with E-state index < -0.39 is 52.9 Å². The number of amides is 8. The third-order valence-corrected chi connectivity index (χ3v) is 14.7. The van der Waals surface area contributed by atoms with Gasteiger partial charge in [-0.1, -0.05) is 79.8 Å². The number of aromatic nitrogens is 8. The third kappa shape index (κ3) is 21.6. The van der Waals surface area contributed by atoms with Gasteiger partial charge in [0.2, 0.25) is 0 Å². The fourth-order valence-corrected chi connectivity index (χ4v) is 9.77. The van der Waals surface area contributed by atoms with Gasteiger partial charge < -0.3 is 42.5 Å². The van der Waals surface area contributed by atoms with Crippen LogP contribution < -0.4 is 42.5 Å². The van der Waals surface area contributed by atoms with Gasteiger partial charge in [0.05, 0.1) is 67.6 Å². The van der Waals surface area contributed by atoms with Crippen LogP contribution in [0.5, 0.6) is 0 Å². The van der Waals surface area contributed by atoms with Crippen LogP contribution in [0.2, 0.25) is 0 Å². The summed E-state index contributed by atoms with van der Waals surface area (Å²) >= 11 is 0. The lowest BCUT2D eigenvalue weighted by Gasteiger charge is -2.20. The van der Waals surface area contributed by atoms with Gasteiger partial charge in [-0.3, -0.25) is 20.4 Å². The molecule has 12 N–H and O–H groups in total. The molecule has 0 saturated heterocycles. The van der Waals surface area contributed by atoms with Gasteiger partial charge in [0.15, 0.2) is 0 Å². The predicted molar refractivity (Wildman–Crippen MR) is 395 cm³/mol. The highest BCUT2D eigenvalue weighted by molar-refractivity contribution is 6.00. The highest BCUT2D eigenvalue weighted by Crippen LogP contribution is 2.30. The molecule has 0 saturated carbocycles. The van der Waals surface area contributed by atoms with Crippen LogP contribution in [0.4, 0.5) is 77.1 Å². The zero-order valence-corrected chi connectivity index (χ0v) is 57.1. The van der Waals surface area contributed by atoms with Crippen molar-refractivity contribution in [3.8, 4) is 0 Å². The maximum Gasteiger partial charge on any atom is 0.319 e. The van der Waals surface area contributed by atoms with E-state index in [1.165, 1.54) is 97.1 Å². The highest BCUT2D eigenvalue weighted by atomic mass is 19.2. The molecule has 28 heteroatoms. The second-order valence-electron chi connectivity index (χ2n) is 24.4. The summed E-state index contributed by atoms with van der Waals surface area (Å²) in [5, 5.41) is 50.8. The molecule has 0 aliphatic heterocycles. The monoisotopic (exact) mass is 1420 g/mol. The van der Waals surface area contributed by atoms with E-state index in [-0.39, 0.29) is 52.1 Å². The number of hydrogen-bond acceptors (Lipinski definition) is 8. The van der Waals surface area contributed by atoms with Gasteiger partial charge in [-0.2, -0.15) is 20.4 Å². The lowest BCUT2D eigenvalue weighted by atomic mass is 10.1. The number of benzene rings is 8. The minimum atomic E-state index is -0.565. The molecule has 12 aromatic rings. The Morgan fingerprint density at radius 1 is 0.385 bits per heavy atom. The van der Waals surface area contributed by atoms with Crippen LogP contribution in [0.15, 0.2) is 146 Å². The van der Waals surface area contributed by atoms with Crippen LogP contribution in [0, 0.1) is 46.5 Å². The number of nitrogens with one attached hydrogen (secondary N) is 12.